The molecule has 1 aliphatic carbocycles. The third kappa shape index (κ3) is 5.37. The highest BCUT2D eigenvalue weighted by Crippen LogP contribution is 2.33. The zero-order chi connectivity index (χ0) is 21.9. The number of methoxy groups -OCH3 is 1. The van der Waals surface area contributed by atoms with Gasteiger partial charge in [-0.1, -0.05) is 0 Å². The number of aromatic nitrogens is 2. The van der Waals surface area contributed by atoms with Crippen molar-refractivity contribution < 1.29 is 19.4 Å². The molecule has 0 saturated heterocycles. The van der Waals surface area contributed by atoms with Crippen molar-refractivity contribution in [2.45, 2.75) is 70.2 Å². The highest BCUT2D eigenvalue weighted by molar-refractivity contribution is 5.78. The van der Waals surface area contributed by atoms with E-state index in [0.29, 0.717) is 22.5 Å². The van der Waals surface area contributed by atoms with Crippen LogP contribution in [0.4, 0.5) is 4.79 Å². The molecule has 8 nitrogen and oxygen atoms in total. The predicted molar refractivity (Wildman–Crippen MR) is 114 cm³/mol. The second-order valence-corrected chi connectivity index (χ2v) is 8.90. The lowest BCUT2D eigenvalue weighted by atomic mass is 9.79. The minimum absolute atomic E-state index is 0.0631. The first-order valence-electron chi connectivity index (χ1n) is 10.4. The third-order valence-electron chi connectivity index (χ3n) is 5.52. The highest BCUT2D eigenvalue weighted by atomic mass is 16.6. The van der Waals surface area contributed by atoms with Gasteiger partial charge in [0.15, 0.2) is 0 Å². The van der Waals surface area contributed by atoms with Gasteiger partial charge in [0.25, 0.3) is 0 Å². The summed E-state index contributed by atoms with van der Waals surface area (Å²) in [7, 11) is 1.55. The maximum atomic E-state index is 12.0. The van der Waals surface area contributed by atoms with Crippen LogP contribution in [0.1, 0.15) is 58.1 Å². The Balaban J connectivity index is 1.63. The molecule has 0 radical (unpaired) electrons. The van der Waals surface area contributed by atoms with E-state index in [-0.39, 0.29) is 12.0 Å². The molecule has 1 aliphatic rings. The van der Waals surface area contributed by atoms with Gasteiger partial charge in [-0.05, 0) is 64.5 Å². The van der Waals surface area contributed by atoms with Crippen molar-refractivity contribution in [2.75, 3.05) is 7.11 Å². The minimum Gasteiger partial charge on any atom is -0.481 e. The number of ether oxygens (including phenoxy) is 2. The number of aliphatic hydroxyl groups excluding tert-OH is 1. The topological polar surface area (TPSA) is 120 Å². The fourth-order valence-corrected chi connectivity index (χ4v) is 3.97. The Kier molecular flexibility index (Phi) is 6.77. The first kappa shape index (κ1) is 22.2. The van der Waals surface area contributed by atoms with Gasteiger partial charge in [-0.25, -0.2) is 9.78 Å². The summed E-state index contributed by atoms with van der Waals surface area (Å²) in [4.78, 5) is 20.8. The number of nitrogens with two attached hydrogens (primary N) is 1. The van der Waals surface area contributed by atoms with Gasteiger partial charge >= 0.3 is 6.09 Å². The normalized spacial score (nSPS) is 21.7. The average molecular weight is 417 g/mol. The van der Waals surface area contributed by atoms with Crippen molar-refractivity contribution >= 4 is 17.1 Å². The molecular weight excluding hydrogens is 384 g/mol. The monoisotopic (exact) mass is 416 g/mol. The molecule has 0 aliphatic heterocycles. The number of carbonyl (C=O) groups excluding carboxylic acids is 1. The largest absolute Gasteiger partial charge is 0.481 e. The molecule has 0 spiro atoms. The molecule has 0 bridgehead atoms. The number of fused-ring (bicyclic) bond motifs is 1. The van der Waals surface area contributed by atoms with Gasteiger partial charge in [-0.2, -0.15) is 0 Å². The van der Waals surface area contributed by atoms with Gasteiger partial charge in [-0.15, -0.1) is 0 Å². The van der Waals surface area contributed by atoms with Gasteiger partial charge < -0.3 is 25.6 Å². The second-order valence-electron chi connectivity index (χ2n) is 8.90. The maximum absolute atomic E-state index is 12.0. The van der Waals surface area contributed by atoms with Crippen molar-refractivity contribution in [1.82, 2.24) is 15.3 Å². The van der Waals surface area contributed by atoms with Gasteiger partial charge in [0.1, 0.15) is 5.60 Å². The lowest BCUT2D eigenvalue weighted by Gasteiger charge is -2.35. The quantitative estimate of drug-likeness (QED) is 0.685. The molecule has 8 heteroatoms. The molecule has 30 heavy (non-hydrogen) atoms. The smallest absolute Gasteiger partial charge is 0.407 e. The first-order chi connectivity index (χ1) is 14.2. The van der Waals surface area contributed by atoms with Crippen LogP contribution in [0.25, 0.3) is 11.0 Å². The van der Waals surface area contributed by atoms with Crippen LogP contribution in [0.5, 0.6) is 5.88 Å². The van der Waals surface area contributed by atoms with E-state index in [4.69, 9.17) is 15.2 Å². The summed E-state index contributed by atoms with van der Waals surface area (Å²) in [6, 6.07) is 4.94. The number of hydrogen-bond donors (Lipinski definition) is 3. The Bertz CT molecular complexity index is 875. The highest BCUT2D eigenvalue weighted by Gasteiger charge is 2.32. The van der Waals surface area contributed by atoms with Crippen LogP contribution in [-0.2, 0) is 4.74 Å². The Labute approximate surface area is 177 Å². The van der Waals surface area contributed by atoms with Gasteiger partial charge in [0.2, 0.25) is 5.88 Å². The number of rotatable bonds is 5. The molecule has 1 amide bonds. The van der Waals surface area contributed by atoms with Crippen molar-refractivity contribution in [3.63, 3.8) is 0 Å². The number of amides is 1. The molecular formula is C22H32N4O4. The number of alkyl carbamates (subject to hydrolysis) is 1. The average Bonchev–Trinajstić information content (AvgIpc) is 2.71. The molecule has 2 heterocycles. The van der Waals surface area contributed by atoms with E-state index < -0.39 is 23.8 Å². The van der Waals surface area contributed by atoms with Crippen LogP contribution in [-0.4, -0.2) is 46.0 Å². The van der Waals surface area contributed by atoms with E-state index in [9.17, 15) is 9.90 Å². The maximum Gasteiger partial charge on any atom is 0.407 e. The van der Waals surface area contributed by atoms with Crippen LogP contribution in [0, 0.1) is 5.92 Å². The SMILES string of the molecule is COc1ccc2nccc(C(O)C(N)C3CCC(NC(=O)OC(C)(C)C)CC3)c2n1. The van der Waals surface area contributed by atoms with Gasteiger partial charge in [0.05, 0.1) is 24.2 Å². The molecule has 2 aromatic rings. The van der Waals surface area contributed by atoms with Crippen LogP contribution in [0.2, 0.25) is 0 Å². The van der Waals surface area contributed by atoms with E-state index in [1.807, 2.05) is 26.8 Å². The zero-order valence-corrected chi connectivity index (χ0v) is 18.1. The summed E-state index contributed by atoms with van der Waals surface area (Å²) in [6.07, 6.45) is 3.63. The summed E-state index contributed by atoms with van der Waals surface area (Å²) in [5, 5.41) is 14.0. The van der Waals surface area contributed by atoms with E-state index in [1.54, 1.807) is 25.4 Å². The van der Waals surface area contributed by atoms with Crippen LogP contribution in [0.3, 0.4) is 0 Å². The van der Waals surface area contributed by atoms with Crippen molar-refractivity contribution in [2.24, 2.45) is 11.7 Å². The van der Waals surface area contributed by atoms with E-state index >= 15 is 0 Å². The number of nitrogens with one attached hydrogen (secondary N) is 1. The van der Waals surface area contributed by atoms with Crippen LogP contribution in [0.15, 0.2) is 24.4 Å². The number of nitrogens with zero attached hydrogens (tertiary/aromatic N) is 2. The number of hydrogen-bond acceptors (Lipinski definition) is 7. The summed E-state index contributed by atoms with van der Waals surface area (Å²) >= 11 is 0. The zero-order valence-electron chi connectivity index (χ0n) is 18.1. The molecule has 2 atom stereocenters. The number of aliphatic hydroxyl groups is 1. The molecule has 164 valence electrons. The molecule has 3 rings (SSSR count). The summed E-state index contributed by atoms with van der Waals surface area (Å²) in [5.74, 6) is 0.608. The molecule has 1 fully saturated rings. The summed E-state index contributed by atoms with van der Waals surface area (Å²) < 4.78 is 10.5. The Morgan fingerprint density at radius 1 is 1.23 bits per heavy atom. The van der Waals surface area contributed by atoms with Crippen LogP contribution >= 0.6 is 0 Å². The molecule has 2 unspecified atom stereocenters. The Morgan fingerprint density at radius 3 is 2.57 bits per heavy atom. The fourth-order valence-electron chi connectivity index (χ4n) is 3.97. The molecule has 1 saturated carbocycles. The lowest BCUT2D eigenvalue weighted by molar-refractivity contribution is 0.0472. The molecule has 2 aromatic heterocycles. The number of pyridine rings is 2. The number of carbonyl (C=O) groups is 1. The van der Waals surface area contributed by atoms with Crippen LogP contribution < -0.4 is 15.8 Å². The van der Waals surface area contributed by atoms with Crippen molar-refractivity contribution in [3.8, 4) is 5.88 Å². The minimum atomic E-state index is -0.865. The lowest BCUT2D eigenvalue weighted by Crippen LogP contribution is -2.44. The Morgan fingerprint density at radius 2 is 1.93 bits per heavy atom. The van der Waals surface area contributed by atoms with E-state index in [2.05, 4.69) is 15.3 Å². The Hall–Kier alpha value is -2.45. The van der Waals surface area contributed by atoms with E-state index in [1.165, 1.54) is 0 Å². The standard InChI is InChI=1S/C22H32N4O4/c1-22(2,3)30-21(28)25-14-7-5-13(6-8-14)18(23)20(27)15-11-12-24-16-9-10-17(29-4)26-19(15)16/h9-14,18,20,27H,5-8,23H2,1-4H3,(H,25,28). The van der Waals surface area contributed by atoms with Crippen molar-refractivity contribution in [3.05, 3.63) is 30.0 Å². The third-order valence-corrected chi connectivity index (χ3v) is 5.52. The second kappa shape index (κ2) is 9.14. The predicted octanol–water partition coefficient (Wildman–Crippen LogP) is 3.08. The molecule has 4 N–H and O–H groups in total. The van der Waals surface area contributed by atoms with E-state index in [0.717, 1.165) is 25.7 Å². The van der Waals surface area contributed by atoms with Crippen molar-refractivity contribution in [1.29, 1.82) is 0 Å². The molecule has 0 aromatic carbocycles. The van der Waals surface area contributed by atoms with Gasteiger partial charge in [0, 0.05) is 29.9 Å². The summed E-state index contributed by atoms with van der Waals surface area (Å²) in [5.41, 5.74) is 7.89. The van der Waals surface area contributed by atoms with Gasteiger partial charge in [-0.3, -0.25) is 4.98 Å². The first-order valence-corrected chi connectivity index (χ1v) is 10.4. The summed E-state index contributed by atoms with van der Waals surface area (Å²) in [6.45, 7) is 5.53. The fraction of sp³-hybridized carbons (Fsp3) is 0.591.